The lowest BCUT2D eigenvalue weighted by Gasteiger charge is -2.33. The number of halogens is 2. The van der Waals surface area contributed by atoms with Crippen LogP contribution < -0.4 is 5.32 Å². The van der Waals surface area contributed by atoms with Gasteiger partial charge in [-0.2, -0.15) is 0 Å². The van der Waals surface area contributed by atoms with E-state index in [-0.39, 0.29) is 0 Å². The maximum atomic E-state index is 6.11. The van der Waals surface area contributed by atoms with E-state index in [4.69, 9.17) is 23.2 Å². The molecule has 0 amide bonds. The molecule has 1 N–H and O–H groups in total. The molecule has 0 saturated carbocycles. The summed E-state index contributed by atoms with van der Waals surface area (Å²) in [6.07, 6.45) is 0. The van der Waals surface area contributed by atoms with E-state index in [9.17, 15) is 0 Å². The lowest BCUT2D eigenvalue weighted by molar-refractivity contribution is 0.185. The first-order valence-electron chi connectivity index (χ1n) is 5.45. The molecule has 2 rings (SSSR count). The van der Waals surface area contributed by atoms with Crippen molar-refractivity contribution < 1.29 is 0 Å². The molecule has 5 heteroatoms. The van der Waals surface area contributed by atoms with Gasteiger partial charge in [0.2, 0.25) is 0 Å². The summed E-state index contributed by atoms with van der Waals surface area (Å²) in [5.74, 6) is 0. The Morgan fingerprint density at radius 1 is 1.31 bits per heavy atom. The minimum absolute atomic E-state index is 0.291. The van der Waals surface area contributed by atoms with Crippen molar-refractivity contribution in [1.29, 1.82) is 0 Å². The molecule has 1 atom stereocenters. The number of hydrogen-bond donors (Lipinski definition) is 1. The van der Waals surface area contributed by atoms with Gasteiger partial charge in [0.1, 0.15) is 10.3 Å². The van der Waals surface area contributed by atoms with Crippen LogP contribution in [0.4, 0.5) is 0 Å². The number of piperazine rings is 1. The minimum Gasteiger partial charge on any atom is -0.314 e. The maximum Gasteiger partial charge on any atom is 0.135 e. The normalized spacial score (nSPS) is 19.7. The fourth-order valence-electron chi connectivity index (χ4n) is 2.00. The van der Waals surface area contributed by atoms with Crippen LogP contribution in [0.25, 0.3) is 0 Å². The van der Waals surface area contributed by atoms with Crippen LogP contribution in [0.3, 0.4) is 0 Å². The smallest absolute Gasteiger partial charge is 0.135 e. The van der Waals surface area contributed by atoms with E-state index in [1.54, 1.807) is 6.07 Å². The zero-order chi connectivity index (χ0) is 11.5. The molecule has 0 spiro atoms. The standard InChI is InChI=1S/C11H15Cl2N3/c1-8(16-6-4-14-5-7-16)9-2-3-10(12)15-11(9)13/h2-3,8,14H,4-7H2,1H3/t8-/m1/s1. The number of nitrogens with one attached hydrogen (secondary N) is 1. The van der Waals surface area contributed by atoms with Gasteiger partial charge in [0.25, 0.3) is 0 Å². The molecule has 0 bridgehead atoms. The largest absolute Gasteiger partial charge is 0.314 e. The third-order valence-corrected chi connectivity index (χ3v) is 3.51. The van der Waals surface area contributed by atoms with Crippen molar-refractivity contribution in [3.8, 4) is 0 Å². The van der Waals surface area contributed by atoms with Crippen molar-refractivity contribution in [3.63, 3.8) is 0 Å². The van der Waals surface area contributed by atoms with Crippen molar-refractivity contribution in [3.05, 3.63) is 28.0 Å². The quantitative estimate of drug-likeness (QED) is 0.827. The monoisotopic (exact) mass is 259 g/mol. The Kier molecular flexibility index (Phi) is 4.03. The molecule has 1 aliphatic rings. The summed E-state index contributed by atoms with van der Waals surface area (Å²) in [6, 6.07) is 4.05. The highest BCUT2D eigenvalue weighted by atomic mass is 35.5. The average Bonchev–Trinajstić information content (AvgIpc) is 2.29. The fourth-order valence-corrected chi connectivity index (χ4v) is 2.50. The highest BCUT2D eigenvalue weighted by Gasteiger charge is 2.20. The average molecular weight is 260 g/mol. The lowest BCUT2D eigenvalue weighted by Crippen LogP contribution is -2.44. The Balaban J connectivity index is 2.15. The van der Waals surface area contributed by atoms with Crippen LogP contribution in [0.15, 0.2) is 12.1 Å². The summed E-state index contributed by atoms with van der Waals surface area (Å²) in [5.41, 5.74) is 1.05. The molecule has 0 unspecified atom stereocenters. The third kappa shape index (κ3) is 2.66. The van der Waals surface area contributed by atoms with Gasteiger partial charge in [0.15, 0.2) is 0 Å². The van der Waals surface area contributed by atoms with E-state index in [0.717, 1.165) is 31.7 Å². The predicted octanol–water partition coefficient (Wildman–Crippen LogP) is 2.35. The molecule has 88 valence electrons. The second kappa shape index (κ2) is 5.32. The van der Waals surface area contributed by atoms with Gasteiger partial charge in [0.05, 0.1) is 0 Å². The van der Waals surface area contributed by atoms with Crippen molar-refractivity contribution >= 4 is 23.2 Å². The highest BCUT2D eigenvalue weighted by molar-refractivity contribution is 6.32. The van der Waals surface area contributed by atoms with Gasteiger partial charge in [-0.05, 0) is 13.0 Å². The molecule has 0 aromatic carbocycles. The lowest BCUT2D eigenvalue weighted by atomic mass is 10.1. The zero-order valence-electron chi connectivity index (χ0n) is 9.21. The van der Waals surface area contributed by atoms with Crippen LogP contribution in [-0.2, 0) is 0 Å². The molecular formula is C11H15Cl2N3. The summed E-state index contributed by atoms with van der Waals surface area (Å²) >= 11 is 11.9. The van der Waals surface area contributed by atoms with Gasteiger partial charge >= 0.3 is 0 Å². The maximum absolute atomic E-state index is 6.11. The summed E-state index contributed by atoms with van der Waals surface area (Å²) in [6.45, 7) is 6.30. The molecule has 1 aromatic rings. The Bertz CT molecular complexity index is 364. The van der Waals surface area contributed by atoms with Crippen LogP contribution in [0, 0.1) is 0 Å². The second-order valence-corrected chi connectivity index (χ2v) is 4.72. The number of aromatic nitrogens is 1. The molecular weight excluding hydrogens is 245 g/mol. The van der Waals surface area contributed by atoms with Crippen LogP contribution in [0.1, 0.15) is 18.5 Å². The van der Waals surface area contributed by atoms with Gasteiger partial charge in [-0.1, -0.05) is 29.3 Å². The summed E-state index contributed by atoms with van der Waals surface area (Å²) in [5, 5.41) is 4.29. The van der Waals surface area contributed by atoms with E-state index < -0.39 is 0 Å². The molecule has 0 radical (unpaired) electrons. The fraction of sp³-hybridized carbons (Fsp3) is 0.545. The van der Waals surface area contributed by atoms with Gasteiger partial charge in [-0.15, -0.1) is 0 Å². The molecule has 2 heterocycles. The third-order valence-electron chi connectivity index (χ3n) is 2.99. The van der Waals surface area contributed by atoms with Crippen molar-refractivity contribution in [2.45, 2.75) is 13.0 Å². The van der Waals surface area contributed by atoms with Gasteiger partial charge in [-0.3, -0.25) is 4.90 Å². The van der Waals surface area contributed by atoms with Crippen LogP contribution in [-0.4, -0.2) is 36.1 Å². The molecule has 0 aliphatic carbocycles. The molecule has 1 aliphatic heterocycles. The van der Waals surface area contributed by atoms with Gasteiger partial charge < -0.3 is 5.32 Å². The number of nitrogens with zero attached hydrogens (tertiary/aromatic N) is 2. The highest BCUT2D eigenvalue weighted by Crippen LogP contribution is 2.27. The molecule has 3 nitrogen and oxygen atoms in total. The molecule has 1 aromatic heterocycles. The van der Waals surface area contributed by atoms with Gasteiger partial charge in [0, 0.05) is 37.8 Å². The first-order chi connectivity index (χ1) is 7.68. The number of hydrogen-bond acceptors (Lipinski definition) is 3. The Hall–Kier alpha value is -0.350. The van der Waals surface area contributed by atoms with E-state index in [0.29, 0.717) is 16.3 Å². The van der Waals surface area contributed by atoms with E-state index >= 15 is 0 Å². The molecule has 16 heavy (non-hydrogen) atoms. The summed E-state index contributed by atoms with van der Waals surface area (Å²) < 4.78 is 0. The van der Waals surface area contributed by atoms with Crippen LogP contribution in [0.5, 0.6) is 0 Å². The molecule has 1 fully saturated rings. The molecule has 1 saturated heterocycles. The Labute approximate surface area is 106 Å². The van der Waals surface area contributed by atoms with E-state index in [1.807, 2.05) is 6.07 Å². The van der Waals surface area contributed by atoms with Crippen molar-refractivity contribution in [2.75, 3.05) is 26.2 Å². The zero-order valence-corrected chi connectivity index (χ0v) is 10.7. The first kappa shape index (κ1) is 12.1. The first-order valence-corrected chi connectivity index (χ1v) is 6.21. The van der Waals surface area contributed by atoms with Crippen molar-refractivity contribution in [1.82, 2.24) is 15.2 Å². The van der Waals surface area contributed by atoms with E-state index in [2.05, 4.69) is 22.1 Å². The number of rotatable bonds is 2. The Morgan fingerprint density at radius 3 is 2.62 bits per heavy atom. The van der Waals surface area contributed by atoms with Crippen LogP contribution in [0.2, 0.25) is 10.3 Å². The predicted molar refractivity (Wildman–Crippen MR) is 67.1 cm³/mol. The minimum atomic E-state index is 0.291. The van der Waals surface area contributed by atoms with Gasteiger partial charge in [-0.25, -0.2) is 4.98 Å². The topological polar surface area (TPSA) is 28.2 Å². The van der Waals surface area contributed by atoms with Crippen LogP contribution >= 0.6 is 23.2 Å². The van der Waals surface area contributed by atoms with Crippen molar-refractivity contribution in [2.24, 2.45) is 0 Å². The summed E-state index contributed by atoms with van der Waals surface area (Å²) in [7, 11) is 0. The van der Waals surface area contributed by atoms with E-state index in [1.165, 1.54) is 0 Å². The Morgan fingerprint density at radius 2 is 2.00 bits per heavy atom. The summed E-state index contributed by atoms with van der Waals surface area (Å²) in [4.78, 5) is 6.47. The SMILES string of the molecule is C[C@H](c1ccc(Cl)nc1Cl)N1CCNCC1. The second-order valence-electron chi connectivity index (χ2n) is 3.98. The number of pyridine rings is 1.